The summed E-state index contributed by atoms with van der Waals surface area (Å²) in [4.78, 5) is 0. The van der Waals surface area contributed by atoms with Crippen molar-refractivity contribution in [3.63, 3.8) is 0 Å². The van der Waals surface area contributed by atoms with E-state index in [9.17, 15) is 13.2 Å². The van der Waals surface area contributed by atoms with Crippen LogP contribution in [0.4, 0.5) is 18.9 Å². The minimum atomic E-state index is -4.54. The van der Waals surface area contributed by atoms with Crippen molar-refractivity contribution in [1.82, 2.24) is 0 Å². The molecule has 1 rings (SSSR count). The third-order valence-corrected chi connectivity index (χ3v) is 2.63. The number of halogens is 3. The molecule has 0 aliphatic rings. The number of alkyl halides is 3. The smallest absolute Gasteiger partial charge is 0.381 e. The number of nitrogens with one attached hydrogen (secondary N) is 1. The van der Waals surface area contributed by atoms with Gasteiger partial charge in [0.2, 0.25) is 0 Å². The van der Waals surface area contributed by atoms with E-state index in [0.717, 1.165) is 12.1 Å². The highest BCUT2D eigenvalue weighted by Crippen LogP contribution is 2.33. The zero-order valence-electron chi connectivity index (χ0n) is 10.0. The fraction of sp³-hybridized carbons (Fsp3) is 0.417. The van der Waals surface area contributed by atoms with Crippen molar-refractivity contribution in [2.75, 3.05) is 5.32 Å². The summed E-state index contributed by atoms with van der Waals surface area (Å²) in [5.41, 5.74) is 4.60. The monoisotopic (exact) mass is 257 g/mol. The van der Waals surface area contributed by atoms with Gasteiger partial charge < -0.3 is 11.1 Å². The van der Waals surface area contributed by atoms with Crippen LogP contribution < -0.4 is 11.1 Å². The standard InChI is InChI=1S/C12H14F3N3/c1-7(17)8(2)18-10-4-3-9(6-16)11(5-10)12(13,14)15/h3-5,7-8,18H,17H2,1-2H3. The molecule has 0 radical (unpaired) electrons. The zero-order chi connectivity index (χ0) is 13.9. The highest BCUT2D eigenvalue weighted by molar-refractivity contribution is 5.53. The van der Waals surface area contributed by atoms with E-state index in [-0.39, 0.29) is 17.6 Å². The van der Waals surface area contributed by atoms with E-state index in [0.29, 0.717) is 5.69 Å². The lowest BCUT2D eigenvalue weighted by molar-refractivity contribution is -0.137. The predicted octanol–water partition coefficient (Wildman–Crippen LogP) is 2.72. The Kier molecular flexibility index (Phi) is 4.19. The molecule has 0 bridgehead atoms. The maximum Gasteiger partial charge on any atom is 0.417 e. The van der Waals surface area contributed by atoms with E-state index in [4.69, 9.17) is 11.0 Å². The van der Waals surface area contributed by atoms with Crippen LogP contribution in [0, 0.1) is 11.3 Å². The number of hydrogen-bond donors (Lipinski definition) is 2. The first kappa shape index (κ1) is 14.3. The molecule has 3 nitrogen and oxygen atoms in total. The fourth-order valence-corrected chi connectivity index (χ4v) is 1.36. The second-order valence-corrected chi connectivity index (χ2v) is 4.16. The van der Waals surface area contributed by atoms with Crippen LogP contribution in [0.15, 0.2) is 18.2 Å². The third-order valence-electron chi connectivity index (χ3n) is 2.63. The first-order valence-corrected chi connectivity index (χ1v) is 5.39. The molecule has 3 N–H and O–H groups in total. The van der Waals surface area contributed by atoms with Crippen molar-refractivity contribution in [3.8, 4) is 6.07 Å². The number of anilines is 1. The van der Waals surface area contributed by atoms with Gasteiger partial charge in [-0.2, -0.15) is 18.4 Å². The Bertz CT molecular complexity index is 461. The van der Waals surface area contributed by atoms with E-state index < -0.39 is 11.7 Å². The predicted molar refractivity (Wildman–Crippen MR) is 62.9 cm³/mol. The first-order valence-electron chi connectivity index (χ1n) is 5.39. The topological polar surface area (TPSA) is 61.8 Å². The Morgan fingerprint density at radius 1 is 1.33 bits per heavy atom. The van der Waals surface area contributed by atoms with E-state index in [1.807, 2.05) is 0 Å². The van der Waals surface area contributed by atoms with Gasteiger partial charge in [-0.25, -0.2) is 0 Å². The van der Waals surface area contributed by atoms with Gasteiger partial charge >= 0.3 is 6.18 Å². The molecule has 0 spiro atoms. The molecule has 0 fully saturated rings. The molecule has 0 aromatic heterocycles. The summed E-state index contributed by atoms with van der Waals surface area (Å²) in [7, 11) is 0. The molecule has 1 aromatic carbocycles. The molecule has 0 amide bonds. The zero-order valence-corrected chi connectivity index (χ0v) is 10.0. The number of benzene rings is 1. The van der Waals surface area contributed by atoms with Crippen molar-refractivity contribution in [2.45, 2.75) is 32.1 Å². The lowest BCUT2D eigenvalue weighted by Gasteiger charge is -2.20. The van der Waals surface area contributed by atoms with Crippen molar-refractivity contribution in [2.24, 2.45) is 5.73 Å². The summed E-state index contributed by atoms with van der Waals surface area (Å²) in [5.74, 6) is 0. The van der Waals surface area contributed by atoms with Gasteiger partial charge in [0.05, 0.1) is 17.2 Å². The molecule has 0 heterocycles. The van der Waals surface area contributed by atoms with Crippen LogP contribution >= 0.6 is 0 Å². The Labute approximate surface area is 103 Å². The number of nitriles is 1. The quantitative estimate of drug-likeness (QED) is 0.875. The fourth-order valence-electron chi connectivity index (χ4n) is 1.36. The van der Waals surface area contributed by atoms with Crippen LogP contribution in [-0.4, -0.2) is 12.1 Å². The van der Waals surface area contributed by atoms with Gasteiger partial charge in [0.1, 0.15) is 0 Å². The Hall–Kier alpha value is -1.74. The summed E-state index contributed by atoms with van der Waals surface area (Å²) in [6, 6.07) is 4.68. The molecule has 98 valence electrons. The van der Waals surface area contributed by atoms with E-state index in [1.54, 1.807) is 13.8 Å². The van der Waals surface area contributed by atoms with Gasteiger partial charge in [-0.1, -0.05) is 0 Å². The van der Waals surface area contributed by atoms with Gasteiger partial charge in [-0.15, -0.1) is 0 Å². The lowest BCUT2D eigenvalue weighted by Crippen LogP contribution is -2.35. The summed E-state index contributed by atoms with van der Waals surface area (Å²) in [5, 5.41) is 11.5. The Morgan fingerprint density at radius 2 is 1.94 bits per heavy atom. The molecular formula is C12H14F3N3. The van der Waals surface area contributed by atoms with Gasteiger partial charge in [-0.05, 0) is 32.0 Å². The van der Waals surface area contributed by atoms with Crippen LogP contribution in [-0.2, 0) is 6.18 Å². The first-order chi connectivity index (χ1) is 8.25. The van der Waals surface area contributed by atoms with Crippen LogP contribution in [0.2, 0.25) is 0 Å². The summed E-state index contributed by atoms with van der Waals surface area (Å²) >= 11 is 0. The number of nitrogens with zero attached hydrogens (tertiary/aromatic N) is 1. The maximum absolute atomic E-state index is 12.7. The van der Waals surface area contributed by atoms with Crippen molar-refractivity contribution < 1.29 is 13.2 Å². The van der Waals surface area contributed by atoms with Crippen LogP contribution in [0.25, 0.3) is 0 Å². The molecule has 0 aliphatic carbocycles. The SMILES string of the molecule is CC(N)C(C)Nc1ccc(C#N)c(C(F)(F)F)c1. The van der Waals surface area contributed by atoms with Crippen molar-refractivity contribution in [1.29, 1.82) is 5.26 Å². The largest absolute Gasteiger partial charge is 0.417 e. The average Bonchev–Trinajstić information content (AvgIpc) is 2.27. The second kappa shape index (κ2) is 5.27. The van der Waals surface area contributed by atoms with Crippen LogP contribution in [0.1, 0.15) is 25.0 Å². The molecule has 1 aromatic rings. The minimum Gasteiger partial charge on any atom is -0.381 e. The lowest BCUT2D eigenvalue weighted by atomic mass is 10.1. The van der Waals surface area contributed by atoms with Gasteiger partial charge in [0.25, 0.3) is 0 Å². The Balaban J connectivity index is 3.09. The molecule has 2 atom stereocenters. The van der Waals surface area contributed by atoms with Crippen LogP contribution in [0.3, 0.4) is 0 Å². The molecule has 18 heavy (non-hydrogen) atoms. The molecule has 0 saturated heterocycles. The normalized spacial score (nSPS) is 14.7. The molecule has 6 heteroatoms. The maximum atomic E-state index is 12.7. The number of rotatable bonds is 3. The van der Waals surface area contributed by atoms with Gasteiger partial charge in [0, 0.05) is 17.8 Å². The molecule has 0 aliphatic heterocycles. The van der Waals surface area contributed by atoms with Crippen molar-refractivity contribution >= 4 is 5.69 Å². The van der Waals surface area contributed by atoms with Crippen molar-refractivity contribution in [3.05, 3.63) is 29.3 Å². The van der Waals surface area contributed by atoms with E-state index >= 15 is 0 Å². The minimum absolute atomic E-state index is 0.168. The van der Waals surface area contributed by atoms with Gasteiger partial charge in [-0.3, -0.25) is 0 Å². The third kappa shape index (κ3) is 3.37. The molecule has 2 unspecified atom stereocenters. The van der Waals surface area contributed by atoms with E-state index in [1.165, 1.54) is 12.1 Å². The number of hydrogen-bond acceptors (Lipinski definition) is 3. The molecule has 0 saturated carbocycles. The molecular weight excluding hydrogens is 243 g/mol. The Morgan fingerprint density at radius 3 is 2.39 bits per heavy atom. The van der Waals surface area contributed by atoms with E-state index in [2.05, 4.69) is 5.32 Å². The second-order valence-electron chi connectivity index (χ2n) is 4.16. The summed E-state index contributed by atoms with van der Waals surface area (Å²) in [6.45, 7) is 3.53. The average molecular weight is 257 g/mol. The number of nitrogens with two attached hydrogens (primary N) is 1. The summed E-state index contributed by atoms with van der Waals surface area (Å²) in [6.07, 6.45) is -4.54. The van der Waals surface area contributed by atoms with Gasteiger partial charge in [0.15, 0.2) is 0 Å². The highest BCUT2D eigenvalue weighted by Gasteiger charge is 2.33. The van der Waals surface area contributed by atoms with Crippen LogP contribution in [0.5, 0.6) is 0 Å². The highest BCUT2D eigenvalue weighted by atomic mass is 19.4. The summed E-state index contributed by atoms with van der Waals surface area (Å²) < 4.78 is 38.1.